The third kappa shape index (κ3) is 2.20. The first kappa shape index (κ1) is 13.2. The summed E-state index contributed by atoms with van der Waals surface area (Å²) in [5.74, 6) is -0.726. The molecule has 0 radical (unpaired) electrons. The molecule has 0 saturated heterocycles. The average Bonchev–Trinajstić information content (AvgIpc) is 2.64. The predicted octanol–water partition coefficient (Wildman–Crippen LogP) is 3.09. The summed E-state index contributed by atoms with van der Waals surface area (Å²) in [7, 11) is 0. The highest BCUT2D eigenvalue weighted by atomic mass is 35.5. The Morgan fingerprint density at radius 2 is 2.40 bits per heavy atom. The summed E-state index contributed by atoms with van der Waals surface area (Å²) >= 11 is 6.07. The number of nitrogens with one attached hydrogen (secondary N) is 1. The van der Waals surface area contributed by atoms with E-state index in [1.807, 2.05) is 18.2 Å². The van der Waals surface area contributed by atoms with E-state index in [-0.39, 0.29) is 5.97 Å². The van der Waals surface area contributed by atoms with Crippen LogP contribution in [-0.2, 0) is 16.0 Å². The number of aromatic nitrogens is 1. The number of benzene rings is 1. The van der Waals surface area contributed by atoms with Gasteiger partial charge in [0.25, 0.3) is 0 Å². The molecule has 2 heterocycles. The molecule has 1 atom stereocenters. The first-order valence-electron chi connectivity index (χ1n) is 6.67. The van der Waals surface area contributed by atoms with E-state index in [2.05, 4.69) is 9.98 Å². The van der Waals surface area contributed by atoms with Gasteiger partial charge in [0, 0.05) is 34.4 Å². The second-order valence-corrected chi connectivity index (χ2v) is 5.18. The number of halogens is 1. The molecule has 20 heavy (non-hydrogen) atoms. The standard InChI is InChI=1S/C15H15ClN2O2/c1-2-20-15(19)12-8-17-6-5-10-11-7-9(16)3-4-13(11)18-14(10)12/h3-4,7-8,12,18H,2,5-6H2,1H3. The lowest BCUT2D eigenvalue weighted by Crippen LogP contribution is -2.18. The first-order valence-corrected chi connectivity index (χ1v) is 7.05. The van der Waals surface area contributed by atoms with Gasteiger partial charge in [-0.3, -0.25) is 9.79 Å². The molecule has 0 bridgehead atoms. The first-order chi connectivity index (χ1) is 9.70. The molecule has 1 aromatic carbocycles. The number of hydrogen-bond donors (Lipinski definition) is 1. The summed E-state index contributed by atoms with van der Waals surface area (Å²) in [6, 6.07) is 5.71. The molecule has 4 nitrogen and oxygen atoms in total. The molecule has 0 amide bonds. The summed E-state index contributed by atoms with van der Waals surface area (Å²) in [4.78, 5) is 19.7. The van der Waals surface area contributed by atoms with Gasteiger partial charge in [-0.05, 0) is 37.1 Å². The van der Waals surface area contributed by atoms with Gasteiger partial charge >= 0.3 is 5.97 Å². The van der Waals surface area contributed by atoms with Gasteiger partial charge in [0.15, 0.2) is 0 Å². The van der Waals surface area contributed by atoms with Crippen LogP contribution in [0.3, 0.4) is 0 Å². The molecular formula is C15H15ClN2O2. The maximum atomic E-state index is 12.1. The van der Waals surface area contributed by atoms with Crippen molar-refractivity contribution in [1.82, 2.24) is 4.98 Å². The lowest BCUT2D eigenvalue weighted by atomic mass is 10.0. The third-order valence-corrected chi connectivity index (χ3v) is 3.73. The van der Waals surface area contributed by atoms with Crippen molar-refractivity contribution in [3.05, 3.63) is 34.5 Å². The minimum absolute atomic E-state index is 0.267. The molecule has 1 aromatic heterocycles. The average molecular weight is 291 g/mol. The zero-order chi connectivity index (χ0) is 14.1. The number of aliphatic imine (C=N–C) groups is 1. The Bertz CT molecular complexity index is 690. The van der Waals surface area contributed by atoms with Crippen LogP contribution in [0.15, 0.2) is 23.2 Å². The predicted molar refractivity (Wildman–Crippen MR) is 79.7 cm³/mol. The smallest absolute Gasteiger partial charge is 0.320 e. The van der Waals surface area contributed by atoms with Gasteiger partial charge in [-0.25, -0.2) is 0 Å². The summed E-state index contributed by atoms with van der Waals surface area (Å²) < 4.78 is 5.14. The lowest BCUT2D eigenvalue weighted by molar-refractivity contribution is -0.143. The Morgan fingerprint density at radius 3 is 3.20 bits per heavy atom. The Labute approximate surface area is 121 Å². The fourth-order valence-electron chi connectivity index (χ4n) is 2.62. The molecular weight excluding hydrogens is 276 g/mol. The molecule has 1 N–H and O–H groups in total. The van der Waals surface area contributed by atoms with Crippen LogP contribution < -0.4 is 0 Å². The molecule has 5 heteroatoms. The van der Waals surface area contributed by atoms with Crippen molar-refractivity contribution < 1.29 is 9.53 Å². The Morgan fingerprint density at radius 1 is 1.55 bits per heavy atom. The highest BCUT2D eigenvalue weighted by Gasteiger charge is 2.27. The van der Waals surface area contributed by atoms with Gasteiger partial charge in [0.05, 0.1) is 6.61 Å². The molecule has 2 aromatic rings. The molecule has 1 aliphatic heterocycles. The highest BCUT2D eigenvalue weighted by molar-refractivity contribution is 6.31. The van der Waals surface area contributed by atoms with E-state index in [9.17, 15) is 4.79 Å². The monoisotopic (exact) mass is 290 g/mol. The Balaban J connectivity index is 2.14. The highest BCUT2D eigenvalue weighted by Crippen LogP contribution is 2.31. The summed E-state index contributed by atoms with van der Waals surface area (Å²) in [6.07, 6.45) is 2.48. The van der Waals surface area contributed by atoms with Crippen molar-refractivity contribution >= 4 is 34.7 Å². The maximum absolute atomic E-state index is 12.1. The quantitative estimate of drug-likeness (QED) is 0.864. The van der Waals surface area contributed by atoms with Crippen LogP contribution in [-0.4, -0.2) is 30.3 Å². The van der Waals surface area contributed by atoms with Crippen LogP contribution >= 0.6 is 11.6 Å². The number of hydrogen-bond acceptors (Lipinski definition) is 3. The summed E-state index contributed by atoms with van der Waals surface area (Å²) in [6.45, 7) is 2.84. The molecule has 104 valence electrons. The summed E-state index contributed by atoms with van der Waals surface area (Å²) in [5.41, 5.74) is 2.98. The zero-order valence-corrected chi connectivity index (χ0v) is 11.9. The van der Waals surface area contributed by atoms with E-state index < -0.39 is 5.92 Å². The van der Waals surface area contributed by atoms with Gasteiger partial charge in [0.1, 0.15) is 5.92 Å². The number of esters is 1. The van der Waals surface area contributed by atoms with Crippen LogP contribution in [0.1, 0.15) is 24.1 Å². The second-order valence-electron chi connectivity index (χ2n) is 4.74. The summed E-state index contributed by atoms with van der Waals surface area (Å²) in [5, 5.41) is 1.75. The van der Waals surface area contributed by atoms with Crippen molar-refractivity contribution in [2.45, 2.75) is 19.3 Å². The number of nitrogens with zero attached hydrogens (tertiary/aromatic N) is 1. The van der Waals surface area contributed by atoms with E-state index in [1.54, 1.807) is 13.1 Å². The fourth-order valence-corrected chi connectivity index (χ4v) is 2.79. The fraction of sp³-hybridized carbons (Fsp3) is 0.333. The molecule has 0 spiro atoms. The van der Waals surface area contributed by atoms with Gasteiger partial charge in [-0.15, -0.1) is 0 Å². The molecule has 0 fully saturated rings. The van der Waals surface area contributed by atoms with Crippen molar-refractivity contribution in [2.24, 2.45) is 4.99 Å². The van der Waals surface area contributed by atoms with Gasteiger partial charge in [0.2, 0.25) is 0 Å². The molecule has 1 unspecified atom stereocenters. The van der Waals surface area contributed by atoms with E-state index in [0.29, 0.717) is 18.2 Å². The number of H-pyrrole nitrogens is 1. The number of rotatable bonds is 2. The number of ether oxygens (including phenoxy) is 1. The zero-order valence-electron chi connectivity index (χ0n) is 11.1. The molecule has 0 aliphatic carbocycles. The van der Waals surface area contributed by atoms with Crippen molar-refractivity contribution in [1.29, 1.82) is 0 Å². The third-order valence-electron chi connectivity index (χ3n) is 3.50. The van der Waals surface area contributed by atoms with Crippen LogP contribution in [0.2, 0.25) is 5.02 Å². The maximum Gasteiger partial charge on any atom is 0.320 e. The van der Waals surface area contributed by atoms with Crippen LogP contribution in [0.5, 0.6) is 0 Å². The minimum atomic E-state index is -0.460. The molecule has 1 aliphatic rings. The largest absolute Gasteiger partial charge is 0.465 e. The topological polar surface area (TPSA) is 54.4 Å². The minimum Gasteiger partial charge on any atom is -0.465 e. The number of aromatic amines is 1. The van der Waals surface area contributed by atoms with Gasteiger partial charge in [-0.1, -0.05) is 11.6 Å². The van der Waals surface area contributed by atoms with E-state index in [4.69, 9.17) is 16.3 Å². The molecule has 0 saturated carbocycles. The van der Waals surface area contributed by atoms with E-state index >= 15 is 0 Å². The SMILES string of the molecule is CCOC(=O)C1C=NCCc2c1[nH]c1ccc(Cl)cc21. The number of carbonyl (C=O) groups is 1. The lowest BCUT2D eigenvalue weighted by Gasteiger charge is -2.10. The second kappa shape index (κ2) is 5.29. The van der Waals surface area contributed by atoms with Crippen molar-refractivity contribution in [2.75, 3.05) is 13.2 Å². The van der Waals surface area contributed by atoms with Crippen molar-refractivity contribution in [3.8, 4) is 0 Å². The van der Waals surface area contributed by atoms with Crippen LogP contribution in [0.25, 0.3) is 10.9 Å². The number of carbonyl (C=O) groups excluding carboxylic acids is 1. The van der Waals surface area contributed by atoms with E-state index in [0.717, 1.165) is 28.6 Å². The van der Waals surface area contributed by atoms with Gasteiger partial charge < -0.3 is 9.72 Å². The Hall–Kier alpha value is -1.81. The van der Waals surface area contributed by atoms with Crippen molar-refractivity contribution in [3.63, 3.8) is 0 Å². The Kier molecular flexibility index (Phi) is 3.49. The van der Waals surface area contributed by atoms with Gasteiger partial charge in [-0.2, -0.15) is 0 Å². The van der Waals surface area contributed by atoms with Crippen LogP contribution in [0, 0.1) is 0 Å². The number of fused-ring (bicyclic) bond motifs is 3. The van der Waals surface area contributed by atoms with Crippen LogP contribution in [0.4, 0.5) is 0 Å². The normalized spacial score (nSPS) is 17.8. The van der Waals surface area contributed by atoms with E-state index in [1.165, 1.54) is 0 Å². The molecule has 3 rings (SSSR count).